The molecule has 0 bridgehead atoms. The maximum Gasteiger partial charge on any atom is 0.0965 e. The van der Waals surface area contributed by atoms with Gasteiger partial charge in [0.15, 0.2) is 0 Å². The summed E-state index contributed by atoms with van der Waals surface area (Å²) in [6, 6.07) is 0. The highest BCUT2D eigenvalue weighted by molar-refractivity contribution is 7.14. The zero-order chi connectivity index (χ0) is 9.42. The lowest BCUT2D eigenvalue weighted by molar-refractivity contribution is 1.05. The van der Waals surface area contributed by atoms with Gasteiger partial charge in [0.05, 0.1) is 21.3 Å². The van der Waals surface area contributed by atoms with Crippen LogP contribution < -0.4 is 5.84 Å². The molecule has 2 N–H and O–H groups in total. The number of thiazole rings is 1. The third kappa shape index (κ3) is 1.58. The molecule has 0 aromatic carbocycles. The Morgan fingerprint density at radius 1 is 1.62 bits per heavy atom. The van der Waals surface area contributed by atoms with Crippen LogP contribution in [0.4, 0.5) is 0 Å². The number of aromatic nitrogens is 1. The van der Waals surface area contributed by atoms with Crippen LogP contribution in [0.25, 0.3) is 0 Å². The summed E-state index contributed by atoms with van der Waals surface area (Å²) in [5.41, 5.74) is 1.96. The van der Waals surface area contributed by atoms with E-state index in [-0.39, 0.29) is 0 Å². The maximum absolute atomic E-state index is 5.24. The van der Waals surface area contributed by atoms with E-state index in [4.69, 9.17) is 5.84 Å². The normalized spacial score (nSPS) is 17.8. The van der Waals surface area contributed by atoms with Crippen LogP contribution >= 0.6 is 11.3 Å². The molecule has 4 heteroatoms. The van der Waals surface area contributed by atoms with Gasteiger partial charge in [0, 0.05) is 5.92 Å². The molecule has 1 heterocycles. The monoisotopic (exact) mass is 195 g/mol. The fourth-order valence-corrected chi connectivity index (χ4v) is 2.50. The number of nitrogens with two attached hydrogens (primary N) is 1. The SMILES string of the molecule is C/C(=N\N)c1sc(C2CC2)nc1C. The first-order valence-corrected chi connectivity index (χ1v) is 5.26. The number of hydrogen-bond acceptors (Lipinski definition) is 4. The zero-order valence-electron chi connectivity index (χ0n) is 7.87. The number of hydrogen-bond donors (Lipinski definition) is 1. The minimum absolute atomic E-state index is 0.725. The Balaban J connectivity index is 2.35. The number of aryl methyl sites for hydroxylation is 1. The number of rotatable bonds is 2. The number of nitrogens with zero attached hydrogens (tertiary/aromatic N) is 2. The lowest BCUT2D eigenvalue weighted by Crippen LogP contribution is -1.97. The summed E-state index contributed by atoms with van der Waals surface area (Å²) < 4.78 is 0. The Hall–Kier alpha value is -0.900. The highest BCUT2D eigenvalue weighted by atomic mass is 32.1. The molecule has 70 valence electrons. The molecule has 0 unspecified atom stereocenters. The summed E-state index contributed by atoms with van der Waals surface area (Å²) >= 11 is 1.74. The van der Waals surface area contributed by atoms with Crippen molar-refractivity contribution in [1.82, 2.24) is 4.98 Å². The van der Waals surface area contributed by atoms with Crippen LogP contribution in [-0.4, -0.2) is 10.7 Å². The summed E-state index contributed by atoms with van der Waals surface area (Å²) in [6.07, 6.45) is 2.59. The van der Waals surface area contributed by atoms with Gasteiger partial charge < -0.3 is 5.84 Å². The van der Waals surface area contributed by atoms with E-state index in [9.17, 15) is 0 Å². The van der Waals surface area contributed by atoms with Gasteiger partial charge in [-0.05, 0) is 26.7 Å². The van der Waals surface area contributed by atoms with E-state index in [1.807, 2.05) is 13.8 Å². The molecule has 1 aromatic heterocycles. The van der Waals surface area contributed by atoms with Crippen molar-refractivity contribution in [3.8, 4) is 0 Å². The van der Waals surface area contributed by atoms with Crippen molar-refractivity contribution in [1.29, 1.82) is 0 Å². The Bertz CT molecular complexity index is 350. The third-order valence-corrected chi connectivity index (χ3v) is 3.69. The Morgan fingerprint density at radius 3 is 2.85 bits per heavy atom. The molecule has 1 aliphatic rings. The Labute approximate surface area is 81.7 Å². The molecule has 0 saturated heterocycles. The van der Waals surface area contributed by atoms with E-state index >= 15 is 0 Å². The molecule has 1 saturated carbocycles. The van der Waals surface area contributed by atoms with Crippen molar-refractivity contribution in [3.63, 3.8) is 0 Å². The molecule has 1 aliphatic carbocycles. The highest BCUT2D eigenvalue weighted by Crippen LogP contribution is 2.42. The second-order valence-corrected chi connectivity index (χ2v) is 4.49. The van der Waals surface area contributed by atoms with Gasteiger partial charge in [0.2, 0.25) is 0 Å². The second kappa shape index (κ2) is 3.10. The fraction of sp³-hybridized carbons (Fsp3) is 0.556. The van der Waals surface area contributed by atoms with Crippen molar-refractivity contribution in [2.45, 2.75) is 32.6 Å². The van der Waals surface area contributed by atoms with Crippen LogP contribution in [0.5, 0.6) is 0 Å². The average Bonchev–Trinajstić information content (AvgIpc) is 2.89. The molecule has 0 aliphatic heterocycles. The van der Waals surface area contributed by atoms with Gasteiger partial charge in [-0.1, -0.05) is 0 Å². The molecular formula is C9H13N3S. The maximum atomic E-state index is 5.24. The van der Waals surface area contributed by atoms with Gasteiger partial charge in [-0.3, -0.25) is 0 Å². The molecule has 0 spiro atoms. The van der Waals surface area contributed by atoms with Crippen molar-refractivity contribution in [2.24, 2.45) is 10.9 Å². The van der Waals surface area contributed by atoms with E-state index < -0.39 is 0 Å². The molecule has 1 aromatic rings. The van der Waals surface area contributed by atoms with E-state index in [2.05, 4.69) is 10.1 Å². The van der Waals surface area contributed by atoms with E-state index in [0.717, 1.165) is 22.2 Å². The van der Waals surface area contributed by atoms with Gasteiger partial charge in [-0.25, -0.2) is 4.98 Å². The summed E-state index contributed by atoms with van der Waals surface area (Å²) in [4.78, 5) is 5.67. The van der Waals surface area contributed by atoms with Crippen molar-refractivity contribution in [3.05, 3.63) is 15.6 Å². The van der Waals surface area contributed by atoms with E-state index in [0.29, 0.717) is 0 Å². The Kier molecular flexibility index (Phi) is 2.07. The minimum Gasteiger partial charge on any atom is -0.323 e. The van der Waals surface area contributed by atoms with Crippen LogP contribution in [0.2, 0.25) is 0 Å². The predicted octanol–water partition coefficient (Wildman–Crippen LogP) is 2.01. The Morgan fingerprint density at radius 2 is 2.31 bits per heavy atom. The van der Waals surface area contributed by atoms with Crippen LogP contribution in [0.1, 0.15) is 41.3 Å². The molecule has 2 rings (SSSR count). The molecule has 13 heavy (non-hydrogen) atoms. The van der Waals surface area contributed by atoms with Crippen molar-refractivity contribution < 1.29 is 0 Å². The molecule has 0 radical (unpaired) electrons. The third-order valence-electron chi connectivity index (χ3n) is 2.26. The summed E-state index contributed by atoms with van der Waals surface area (Å²) in [7, 11) is 0. The first-order valence-electron chi connectivity index (χ1n) is 4.44. The van der Waals surface area contributed by atoms with Crippen molar-refractivity contribution >= 4 is 17.0 Å². The predicted molar refractivity (Wildman–Crippen MR) is 55.2 cm³/mol. The van der Waals surface area contributed by atoms with Gasteiger partial charge in [-0.2, -0.15) is 5.10 Å². The van der Waals surface area contributed by atoms with Crippen LogP contribution in [0.3, 0.4) is 0 Å². The summed E-state index contributed by atoms with van der Waals surface area (Å²) in [5, 5.41) is 4.96. The number of hydrazone groups is 1. The topological polar surface area (TPSA) is 51.3 Å². The molecule has 3 nitrogen and oxygen atoms in total. The average molecular weight is 195 g/mol. The largest absolute Gasteiger partial charge is 0.323 e. The lowest BCUT2D eigenvalue weighted by Gasteiger charge is -1.92. The van der Waals surface area contributed by atoms with E-state index in [1.54, 1.807) is 11.3 Å². The smallest absolute Gasteiger partial charge is 0.0965 e. The molecule has 0 amide bonds. The van der Waals surface area contributed by atoms with Gasteiger partial charge in [-0.15, -0.1) is 11.3 Å². The summed E-state index contributed by atoms with van der Waals surface area (Å²) in [6.45, 7) is 3.95. The second-order valence-electron chi connectivity index (χ2n) is 3.46. The lowest BCUT2D eigenvalue weighted by atomic mass is 10.3. The fourth-order valence-electron chi connectivity index (χ4n) is 1.32. The zero-order valence-corrected chi connectivity index (χ0v) is 8.69. The highest BCUT2D eigenvalue weighted by Gasteiger charge is 2.27. The first kappa shape index (κ1) is 8.69. The quantitative estimate of drug-likeness (QED) is 0.446. The van der Waals surface area contributed by atoms with Crippen LogP contribution in [-0.2, 0) is 0 Å². The van der Waals surface area contributed by atoms with Crippen LogP contribution in [0, 0.1) is 6.92 Å². The first-order chi connectivity index (χ1) is 6.22. The van der Waals surface area contributed by atoms with E-state index in [1.165, 1.54) is 17.8 Å². The molecule has 0 atom stereocenters. The standard InChI is InChI=1S/C9H13N3S/c1-5-8(6(2)12-10)13-9(11-5)7-3-4-7/h7H,3-4,10H2,1-2H3/b12-6+. The van der Waals surface area contributed by atoms with Gasteiger partial charge >= 0.3 is 0 Å². The van der Waals surface area contributed by atoms with Gasteiger partial charge in [0.1, 0.15) is 0 Å². The molecular weight excluding hydrogens is 182 g/mol. The summed E-state index contributed by atoms with van der Waals surface area (Å²) in [5.74, 6) is 5.97. The van der Waals surface area contributed by atoms with Crippen LogP contribution in [0.15, 0.2) is 5.10 Å². The minimum atomic E-state index is 0.725. The van der Waals surface area contributed by atoms with Gasteiger partial charge in [0.25, 0.3) is 0 Å². The molecule has 1 fully saturated rings. The van der Waals surface area contributed by atoms with Crippen molar-refractivity contribution in [2.75, 3.05) is 0 Å².